The van der Waals surface area contributed by atoms with Crippen LogP contribution in [0.4, 0.5) is 5.69 Å². The van der Waals surface area contributed by atoms with Gasteiger partial charge in [0.15, 0.2) is 5.65 Å². The first kappa shape index (κ1) is 11.5. The van der Waals surface area contributed by atoms with Crippen molar-refractivity contribution in [1.29, 1.82) is 0 Å². The van der Waals surface area contributed by atoms with Crippen molar-refractivity contribution in [2.45, 2.75) is 6.92 Å². The molecule has 0 spiro atoms. The molecule has 0 aliphatic rings. The summed E-state index contributed by atoms with van der Waals surface area (Å²) in [4.78, 5) is 12.1. The van der Waals surface area contributed by atoms with Crippen molar-refractivity contribution in [2.75, 3.05) is 5.73 Å². The first-order valence-corrected chi connectivity index (χ1v) is 6.60. The summed E-state index contributed by atoms with van der Waals surface area (Å²) >= 11 is 2.26. The summed E-state index contributed by atoms with van der Waals surface area (Å²) in [6, 6.07) is 9.83. The van der Waals surface area contributed by atoms with Crippen molar-refractivity contribution in [2.24, 2.45) is 0 Å². The highest BCUT2D eigenvalue weighted by Crippen LogP contribution is 2.26. The largest absolute Gasteiger partial charge is 0.398 e. The zero-order valence-corrected chi connectivity index (χ0v) is 11.9. The summed E-state index contributed by atoms with van der Waals surface area (Å²) in [6.45, 7) is 1.95. The van der Waals surface area contributed by atoms with E-state index >= 15 is 0 Å². The predicted molar refractivity (Wildman–Crippen MR) is 81.2 cm³/mol. The van der Waals surface area contributed by atoms with Crippen LogP contribution < -0.4 is 5.73 Å². The summed E-state index contributed by atoms with van der Waals surface area (Å²) < 4.78 is 1.13. The standard InChI is InChI=1S/C13H11IN4/c1-7-2-5-11-13(16-7)18-12(17-11)9-6-8(14)3-4-10(9)15/h2-6H,15H2,1H3,(H,16,17,18). The molecule has 0 unspecified atom stereocenters. The molecule has 0 radical (unpaired) electrons. The quantitative estimate of drug-likeness (QED) is 0.523. The van der Waals surface area contributed by atoms with E-state index in [2.05, 4.69) is 37.5 Å². The van der Waals surface area contributed by atoms with Crippen LogP contribution in [-0.2, 0) is 0 Å². The number of imidazole rings is 1. The van der Waals surface area contributed by atoms with Crippen molar-refractivity contribution in [1.82, 2.24) is 15.0 Å². The molecule has 2 aromatic heterocycles. The van der Waals surface area contributed by atoms with Gasteiger partial charge < -0.3 is 10.7 Å². The molecule has 0 amide bonds. The van der Waals surface area contributed by atoms with Crippen LogP contribution in [0, 0.1) is 10.5 Å². The second-order valence-corrected chi connectivity index (χ2v) is 5.39. The Morgan fingerprint density at radius 3 is 2.83 bits per heavy atom. The van der Waals surface area contributed by atoms with E-state index in [1.807, 2.05) is 37.3 Å². The number of H-pyrrole nitrogens is 1. The van der Waals surface area contributed by atoms with Crippen molar-refractivity contribution < 1.29 is 0 Å². The Bertz CT molecular complexity index is 733. The fraction of sp³-hybridized carbons (Fsp3) is 0.0769. The summed E-state index contributed by atoms with van der Waals surface area (Å²) in [7, 11) is 0. The number of nitrogen functional groups attached to an aromatic ring is 1. The van der Waals surface area contributed by atoms with Crippen LogP contribution in [0.15, 0.2) is 30.3 Å². The number of aromatic amines is 1. The zero-order chi connectivity index (χ0) is 12.7. The molecule has 0 fully saturated rings. The number of halogens is 1. The molecule has 18 heavy (non-hydrogen) atoms. The Labute approximate surface area is 118 Å². The SMILES string of the molecule is Cc1ccc2[nH]c(-c3cc(I)ccc3N)nc2n1. The molecular formula is C13H11IN4. The van der Waals surface area contributed by atoms with Gasteiger partial charge in [0.1, 0.15) is 5.82 Å². The van der Waals surface area contributed by atoms with Crippen LogP contribution in [-0.4, -0.2) is 15.0 Å². The lowest BCUT2D eigenvalue weighted by molar-refractivity contribution is 1.22. The van der Waals surface area contributed by atoms with Gasteiger partial charge in [-0.15, -0.1) is 0 Å². The van der Waals surface area contributed by atoms with Gasteiger partial charge in [-0.3, -0.25) is 0 Å². The number of benzene rings is 1. The number of nitrogens with one attached hydrogen (secondary N) is 1. The lowest BCUT2D eigenvalue weighted by Crippen LogP contribution is -1.91. The van der Waals surface area contributed by atoms with E-state index in [0.29, 0.717) is 5.69 Å². The van der Waals surface area contributed by atoms with Crippen molar-refractivity contribution in [3.05, 3.63) is 39.6 Å². The fourth-order valence-corrected chi connectivity index (χ4v) is 2.34. The minimum absolute atomic E-state index is 0.714. The fourth-order valence-electron chi connectivity index (χ4n) is 1.85. The minimum Gasteiger partial charge on any atom is -0.398 e. The summed E-state index contributed by atoms with van der Waals surface area (Å²) in [5, 5.41) is 0. The smallest absolute Gasteiger partial charge is 0.178 e. The molecule has 3 rings (SSSR count). The molecule has 3 aromatic rings. The van der Waals surface area contributed by atoms with Crippen LogP contribution >= 0.6 is 22.6 Å². The van der Waals surface area contributed by atoms with Crippen molar-refractivity contribution in [3.63, 3.8) is 0 Å². The van der Waals surface area contributed by atoms with Gasteiger partial charge in [0.2, 0.25) is 0 Å². The number of rotatable bonds is 1. The molecule has 2 heterocycles. The molecule has 0 aliphatic carbocycles. The molecule has 4 nitrogen and oxygen atoms in total. The first-order valence-electron chi connectivity index (χ1n) is 5.52. The number of nitrogens with zero attached hydrogens (tertiary/aromatic N) is 2. The number of aromatic nitrogens is 3. The third-order valence-corrected chi connectivity index (χ3v) is 3.43. The highest BCUT2D eigenvalue weighted by atomic mass is 127. The summed E-state index contributed by atoms with van der Waals surface area (Å²) in [6.07, 6.45) is 0. The van der Waals surface area contributed by atoms with E-state index in [1.165, 1.54) is 0 Å². The second-order valence-electron chi connectivity index (χ2n) is 4.14. The molecule has 3 N–H and O–H groups in total. The molecule has 0 atom stereocenters. The number of anilines is 1. The van der Waals surface area contributed by atoms with Gasteiger partial charge in [0.05, 0.1) is 5.52 Å². The maximum atomic E-state index is 5.99. The van der Waals surface area contributed by atoms with E-state index < -0.39 is 0 Å². The molecule has 5 heteroatoms. The van der Waals surface area contributed by atoms with E-state index in [4.69, 9.17) is 5.73 Å². The van der Waals surface area contributed by atoms with E-state index in [1.54, 1.807) is 0 Å². The lowest BCUT2D eigenvalue weighted by Gasteiger charge is -2.02. The Kier molecular flexibility index (Phi) is 2.70. The molecule has 90 valence electrons. The monoisotopic (exact) mass is 350 g/mol. The average molecular weight is 350 g/mol. The maximum absolute atomic E-state index is 5.99. The highest BCUT2D eigenvalue weighted by molar-refractivity contribution is 14.1. The Morgan fingerprint density at radius 1 is 1.17 bits per heavy atom. The third kappa shape index (κ3) is 1.94. The summed E-state index contributed by atoms with van der Waals surface area (Å²) in [5.74, 6) is 0.763. The van der Waals surface area contributed by atoms with Gasteiger partial charge >= 0.3 is 0 Å². The first-order chi connectivity index (χ1) is 8.63. The van der Waals surface area contributed by atoms with Crippen molar-refractivity contribution >= 4 is 39.4 Å². The molecular weight excluding hydrogens is 339 g/mol. The number of aryl methyl sites for hydroxylation is 1. The maximum Gasteiger partial charge on any atom is 0.178 e. The normalized spacial score (nSPS) is 11.0. The van der Waals surface area contributed by atoms with Gasteiger partial charge in [0.25, 0.3) is 0 Å². The van der Waals surface area contributed by atoms with Gasteiger partial charge in [-0.05, 0) is 59.8 Å². The number of hydrogen-bond acceptors (Lipinski definition) is 3. The Balaban J connectivity index is 2.22. The van der Waals surface area contributed by atoms with E-state index in [9.17, 15) is 0 Å². The Hall–Kier alpha value is -1.63. The van der Waals surface area contributed by atoms with Crippen LogP contribution in [0.1, 0.15) is 5.69 Å². The van der Waals surface area contributed by atoms with Gasteiger partial charge in [-0.2, -0.15) is 0 Å². The molecule has 1 aromatic carbocycles. The van der Waals surface area contributed by atoms with Gasteiger partial charge in [0, 0.05) is 20.5 Å². The number of fused-ring (bicyclic) bond motifs is 1. The number of hydrogen-bond donors (Lipinski definition) is 2. The molecule has 0 bridgehead atoms. The molecule has 0 saturated heterocycles. The van der Waals surface area contributed by atoms with Crippen LogP contribution in [0.5, 0.6) is 0 Å². The van der Waals surface area contributed by atoms with Crippen LogP contribution in [0.25, 0.3) is 22.6 Å². The van der Waals surface area contributed by atoms with E-state index in [-0.39, 0.29) is 0 Å². The van der Waals surface area contributed by atoms with E-state index in [0.717, 1.165) is 31.8 Å². The zero-order valence-electron chi connectivity index (χ0n) is 9.74. The van der Waals surface area contributed by atoms with Crippen molar-refractivity contribution in [3.8, 4) is 11.4 Å². The van der Waals surface area contributed by atoms with Crippen LogP contribution in [0.2, 0.25) is 0 Å². The molecule has 0 saturated carbocycles. The highest BCUT2D eigenvalue weighted by Gasteiger charge is 2.09. The predicted octanol–water partition coefficient (Wildman–Crippen LogP) is 3.12. The third-order valence-electron chi connectivity index (χ3n) is 2.76. The Morgan fingerprint density at radius 2 is 2.00 bits per heavy atom. The molecule has 0 aliphatic heterocycles. The summed E-state index contributed by atoms with van der Waals surface area (Å²) in [5.41, 5.74) is 10.2. The lowest BCUT2D eigenvalue weighted by atomic mass is 10.2. The minimum atomic E-state index is 0.714. The number of pyridine rings is 1. The van der Waals surface area contributed by atoms with Gasteiger partial charge in [-0.1, -0.05) is 0 Å². The van der Waals surface area contributed by atoms with Gasteiger partial charge in [-0.25, -0.2) is 9.97 Å². The second kappa shape index (κ2) is 4.24. The average Bonchev–Trinajstić information content (AvgIpc) is 2.74. The topological polar surface area (TPSA) is 67.6 Å². The number of nitrogens with two attached hydrogens (primary N) is 1. The van der Waals surface area contributed by atoms with Crippen LogP contribution in [0.3, 0.4) is 0 Å².